The van der Waals surface area contributed by atoms with Crippen LogP contribution in [-0.2, 0) is 4.74 Å². The summed E-state index contributed by atoms with van der Waals surface area (Å²) in [4.78, 5) is 0. The minimum absolute atomic E-state index is 0.273. The molecular weight excluding hydrogens is 246 g/mol. The summed E-state index contributed by atoms with van der Waals surface area (Å²) in [5, 5.41) is 3.99. The van der Waals surface area contributed by atoms with Crippen molar-refractivity contribution in [1.29, 1.82) is 0 Å². The normalized spacial score (nSPS) is 37.4. The molecule has 0 radical (unpaired) electrons. The fourth-order valence-corrected chi connectivity index (χ4v) is 4.90. The Hall–Kier alpha value is -0.0800. The highest BCUT2D eigenvalue weighted by atomic mass is 16.5. The summed E-state index contributed by atoms with van der Waals surface area (Å²) < 4.78 is 6.15. The smallest absolute Gasteiger partial charge is 0.0697 e. The fourth-order valence-electron chi connectivity index (χ4n) is 4.90. The average Bonchev–Trinajstić information content (AvgIpc) is 2.89. The molecule has 0 bridgehead atoms. The first-order valence-corrected chi connectivity index (χ1v) is 9.20. The fraction of sp³-hybridized carbons (Fsp3) is 1.00. The second-order valence-electron chi connectivity index (χ2n) is 7.60. The van der Waals surface area contributed by atoms with Gasteiger partial charge >= 0.3 is 0 Å². The van der Waals surface area contributed by atoms with Gasteiger partial charge in [-0.2, -0.15) is 0 Å². The van der Waals surface area contributed by atoms with Crippen molar-refractivity contribution in [2.75, 3.05) is 6.61 Å². The summed E-state index contributed by atoms with van der Waals surface area (Å²) in [6.07, 6.45) is 16.5. The number of hydrogen-bond donors (Lipinski definition) is 1. The first-order chi connectivity index (χ1) is 9.80. The van der Waals surface area contributed by atoms with Crippen molar-refractivity contribution in [2.45, 2.75) is 102 Å². The lowest BCUT2D eigenvalue weighted by Gasteiger charge is -2.41. The molecule has 1 saturated heterocycles. The van der Waals surface area contributed by atoms with Gasteiger partial charge in [-0.05, 0) is 57.3 Å². The van der Waals surface area contributed by atoms with E-state index < -0.39 is 0 Å². The molecule has 0 aromatic heterocycles. The number of rotatable bonds is 4. The summed E-state index contributed by atoms with van der Waals surface area (Å²) >= 11 is 0. The summed E-state index contributed by atoms with van der Waals surface area (Å²) in [6, 6.07) is 1.53. The van der Waals surface area contributed by atoms with E-state index in [1.54, 1.807) is 0 Å². The molecule has 1 aliphatic heterocycles. The summed E-state index contributed by atoms with van der Waals surface area (Å²) in [6.45, 7) is 3.32. The number of hydrogen-bond acceptors (Lipinski definition) is 2. The standard InChI is InChI=1S/C18H33NO/c1-2-5-15-6-8-16(9-7-15)19-17-10-13-20-18(14-17)11-3-4-12-18/h15-17,19H,2-14H2,1H3. The molecule has 20 heavy (non-hydrogen) atoms. The monoisotopic (exact) mass is 279 g/mol. The van der Waals surface area contributed by atoms with E-state index in [2.05, 4.69) is 12.2 Å². The maximum absolute atomic E-state index is 6.15. The van der Waals surface area contributed by atoms with Crippen molar-refractivity contribution < 1.29 is 4.74 Å². The minimum atomic E-state index is 0.273. The summed E-state index contributed by atoms with van der Waals surface area (Å²) in [5.41, 5.74) is 0.273. The molecule has 3 rings (SSSR count). The van der Waals surface area contributed by atoms with Crippen LogP contribution >= 0.6 is 0 Å². The lowest BCUT2D eigenvalue weighted by atomic mass is 9.82. The molecule has 0 aromatic carbocycles. The molecule has 1 unspecified atom stereocenters. The molecule has 2 saturated carbocycles. The zero-order chi connectivity index (χ0) is 13.8. The molecule has 1 heterocycles. The van der Waals surface area contributed by atoms with Gasteiger partial charge < -0.3 is 10.1 Å². The Kier molecular flexibility index (Phi) is 5.04. The van der Waals surface area contributed by atoms with Gasteiger partial charge in [-0.1, -0.05) is 32.6 Å². The van der Waals surface area contributed by atoms with E-state index in [0.29, 0.717) is 0 Å². The first-order valence-electron chi connectivity index (χ1n) is 9.20. The van der Waals surface area contributed by atoms with Gasteiger partial charge in [-0.25, -0.2) is 0 Å². The highest BCUT2D eigenvalue weighted by Crippen LogP contribution is 2.40. The molecule has 0 aromatic rings. The predicted octanol–water partition coefficient (Wildman–Crippen LogP) is 4.43. The van der Waals surface area contributed by atoms with Crippen LogP contribution in [0.4, 0.5) is 0 Å². The van der Waals surface area contributed by atoms with Gasteiger partial charge in [0.05, 0.1) is 5.60 Å². The van der Waals surface area contributed by atoms with Gasteiger partial charge in [-0.3, -0.25) is 0 Å². The van der Waals surface area contributed by atoms with Crippen LogP contribution in [0, 0.1) is 5.92 Å². The van der Waals surface area contributed by atoms with Crippen molar-refractivity contribution >= 4 is 0 Å². The van der Waals surface area contributed by atoms with Crippen LogP contribution in [0.5, 0.6) is 0 Å². The molecule has 3 aliphatic rings. The Morgan fingerprint density at radius 3 is 2.45 bits per heavy atom. The molecule has 0 amide bonds. The second kappa shape index (κ2) is 6.79. The number of ether oxygens (including phenoxy) is 1. The predicted molar refractivity (Wildman–Crippen MR) is 84.0 cm³/mol. The Morgan fingerprint density at radius 1 is 1.00 bits per heavy atom. The van der Waals surface area contributed by atoms with Crippen LogP contribution in [0.2, 0.25) is 0 Å². The van der Waals surface area contributed by atoms with E-state index in [9.17, 15) is 0 Å². The molecule has 3 fully saturated rings. The van der Waals surface area contributed by atoms with Crippen LogP contribution in [-0.4, -0.2) is 24.3 Å². The third-order valence-electron chi connectivity index (χ3n) is 6.02. The Labute approximate surface area is 125 Å². The average molecular weight is 279 g/mol. The lowest BCUT2D eigenvalue weighted by molar-refractivity contribution is -0.0852. The molecule has 1 spiro atoms. The maximum atomic E-state index is 6.15. The van der Waals surface area contributed by atoms with Crippen molar-refractivity contribution in [2.24, 2.45) is 5.92 Å². The van der Waals surface area contributed by atoms with Crippen LogP contribution in [0.15, 0.2) is 0 Å². The summed E-state index contributed by atoms with van der Waals surface area (Å²) in [5.74, 6) is 1.02. The van der Waals surface area contributed by atoms with E-state index in [1.807, 2.05) is 0 Å². The zero-order valence-corrected chi connectivity index (χ0v) is 13.3. The SMILES string of the molecule is CCCC1CCC(NC2CCOC3(CCCC3)C2)CC1. The van der Waals surface area contributed by atoms with Gasteiger partial charge in [0, 0.05) is 18.7 Å². The highest BCUT2D eigenvalue weighted by molar-refractivity contribution is 4.94. The van der Waals surface area contributed by atoms with Crippen LogP contribution in [0.3, 0.4) is 0 Å². The van der Waals surface area contributed by atoms with E-state index >= 15 is 0 Å². The van der Waals surface area contributed by atoms with Crippen LogP contribution in [0.25, 0.3) is 0 Å². The molecule has 1 N–H and O–H groups in total. The first kappa shape index (κ1) is 14.8. The van der Waals surface area contributed by atoms with Gasteiger partial charge in [0.1, 0.15) is 0 Å². The van der Waals surface area contributed by atoms with Crippen LogP contribution in [0.1, 0.15) is 84.0 Å². The Balaban J connectivity index is 1.44. The van der Waals surface area contributed by atoms with Crippen molar-refractivity contribution in [3.8, 4) is 0 Å². The van der Waals surface area contributed by atoms with Crippen molar-refractivity contribution in [3.05, 3.63) is 0 Å². The maximum Gasteiger partial charge on any atom is 0.0697 e. The molecule has 116 valence electrons. The lowest BCUT2D eigenvalue weighted by Crippen LogP contribution is -2.49. The second-order valence-corrected chi connectivity index (χ2v) is 7.60. The highest BCUT2D eigenvalue weighted by Gasteiger charge is 2.40. The minimum Gasteiger partial charge on any atom is -0.375 e. The summed E-state index contributed by atoms with van der Waals surface area (Å²) in [7, 11) is 0. The molecule has 2 heteroatoms. The topological polar surface area (TPSA) is 21.3 Å². The molecule has 2 nitrogen and oxygen atoms in total. The van der Waals surface area contributed by atoms with Crippen molar-refractivity contribution in [1.82, 2.24) is 5.32 Å². The van der Waals surface area contributed by atoms with Gasteiger partial charge in [0.15, 0.2) is 0 Å². The van der Waals surface area contributed by atoms with Crippen LogP contribution < -0.4 is 5.32 Å². The molecular formula is C18H33NO. The number of nitrogens with one attached hydrogen (secondary N) is 1. The van der Waals surface area contributed by atoms with Gasteiger partial charge in [-0.15, -0.1) is 0 Å². The third-order valence-corrected chi connectivity index (χ3v) is 6.02. The largest absolute Gasteiger partial charge is 0.375 e. The van der Waals surface area contributed by atoms with Crippen molar-refractivity contribution in [3.63, 3.8) is 0 Å². The van der Waals surface area contributed by atoms with Gasteiger partial charge in [0.25, 0.3) is 0 Å². The third kappa shape index (κ3) is 3.57. The molecule has 1 atom stereocenters. The Bertz CT molecular complexity index is 290. The Morgan fingerprint density at radius 2 is 1.75 bits per heavy atom. The van der Waals surface area contributed by atoms with E-state index in [-0.39, 0.29) is 5.60 Å². The quantitative estimate of drug-likeness (QED) is 0.822. The zero-order valence-electron chi connectivity index (χ0n) is 13.3. The van der Waals surface area contributed by atoms with Gasteiger partial charge in [0.2, 0.25) is 0 Å². The van der Waals surface area contributed by atoms with E-state index in [0.717, 1.165) is 24.6 Å². The van der Waals surface area contributed by atoms with E-state index in [4.69, 9.17) is 4.74 Å². The van der Waals surface area contributed by atoms with E-state index in [1.165, 1.54) is 77.0 Å². The molecule has 2 aliphatic carbocycles.